The van der Waals surface area contributed by atoms with Gasteiger partial charge < -0.3 is 5.32 Å². The van der Waals surface area contributed by atoms with Crippen LogP contribution >= 0.6 is 22.9 Å². The molecule has 0 fully saturated rings. The summed E-state index contributed by atoms with van der Waals surface area (Å²) >= 11 is 7.12. The van der Waals surface area contributed by atoms with E-state index in [1.807, 2.05) is 0 Å². The maximum atomic E-state index is 13.5. The molecule has 0 aliphatic carbocycles. The Balaban J connectivity index is 1.79. The van der Waals surface area contributed by atoms with Gasteiger partial charge in [-0.3, -0.25) is 9.59 Å². The molecule has 1 aliphatic heterocycles. The Labute approximate surface area is 167 Å². The fourth-order valence-electron chi connectivity index (χ4n) is 2.83. The van der Waals surface area contributed by atoms with Gasteiger partial charge in [-0.05, 0) is 53.9 Å². The van der Waals surface area contributed by atoms with Gasteiger partial charge in [-0.1, -0.05) is 17.7 Å². The van der Waals surface area contributed by atoms with Crippen LogP contribution in [0.5, 0.6) is 0 Å². The van der Waals surface area contributed by atoms with Crippen LogP contribution in [0.2, 0.25) is 5.02 Å². The average Bonchev–Trinajstić information content (AvgIpc) is 3.27. The Kier molecular flexibility index (Phi) is 4.70. The smallest absolute Gasteiger partial charge is 0.282 e. The molecular weight excluding hydrogens is 406 g/mol. The van der Waals surface area contributed by atoms with Crippen molar-refractivity contribution in [2.24, 2.45) is 0 Å². The minimum atomic E-state index is -0.652. The first-order valence-electron chi connectivity index (χ1n) is 8.10. The zero-order chi connectivity index (χ0) is 19.8. The van der Waals surface area contributed by atoms with Gasteiger partial charge in [0.15, 0.2) is 0 Å². The van der Waals surface area contributed by atoms with Crippen LogP contribution in [0.25, 0.3) is 5.57 Å². The summed E-state index contributed by atoms with van der Waals surface area (Å²) in [6.45, 7) is 0. The highest BCUT2D eigenvalue weighted by molar-refractivity contribution is 7.11. The summed E-state index contributed by atoms with van der Waals surface area (Å²) in [4.78, 5) is 27.7. The van der Waals surface area contributed by atoms with E-state index in [1.54, 1.807) is 17.5 Å². The lowest BCUT2D eigenvalue weighted by molar-refractivity contribution is -0.120. The van der Waals surface area contributed by atoms with Crippen LogP contribution in [0.4, 0.5) is 20.2 Å². The summed E-state index contributed by atoms with van der Waals surface area (Å²) in [6, 6.07) is 12.5. The topological polar surface area (TPSA) is 49.4 Å². The molecule has 2 aromatic carbocycles. The molecule has 140 valence electrons. The highest BCUT2D eigenvalue weighted by atomic mass is 35.5. The van der Waals surface area contributed by atoms with E-state index in [1.165, 1.54) is 47.7 Å². The van der Waals surface area contributed by atoms with E-state index in [4.69, 9.17) is 11.6 Å². The largest absolute Gasteiger partial charge is 0.350 e. The molecule has 0 spiro atoms. The van der Waals surface area contributed by atoms with Gasteiger partial charge in [0.05, 0.1) is 16.3 Å². The molecule has 2 amide bonds. The minimum absolute atomic E-state index is 0.0551. The molecule has 0 saturated carbocycles. The standard InChI is InChI=1S/C20H11ClF2N2O2S/c21-14-10-13(7-8-15(14)23)25-19(26)17(16-2-1-9-28-16)18(20(25)27)24-12-5-3-11(22)4-6-12/h1-10,24H. The van der Waals surface area contributed by atoms with Gasteiger partial charge in [0.2, 0.25) is 0 Å². The normalized spacial score (nSPS) is 14.2. The van der Waals surface area contributed by atoms with Crippen LogP contribution in [0.15, 0.2) is 65.7 Å². The van der Waals surface area contributed by atoms with E-state index in [2.05, 4.69) is 5.32 Å². The predicted molar refractivity (Wildman–Crippen MR) is 105 cm³/mol. The molecule has 0 saturated heterocycles. The number of thiophene rings is 1. The second-order valence-corrected chi connectivity index (χ2v) is 7.26. The van der Waals surface area contributed by atoms with Crippen molar-refractivity contribution in [1.82, 2.24) is 0 Å². The van der Waals surface area contributed by atoms with Crippen LogP contribution in [0.1, 0.15) is 4.88 Å². The number of benzene rings is 2. The average molecular weight is 417 g/mol. The molecule has 1 aliphatic rings. The molecular formula is C20H11ClF2N2O2S. The second-order valence-electron chi connectivity index (χ2n) is 5.90. The van der Waals surface area contributed by atoms with Crippen molar-refractivity contribution in [2.75, 3.05) is 10.2 Å². The zero-order valence-corrected chi connectivity index (χ0v) is 15.7. The fourth-order valence-corrected chi connectivity index (χ4v) is 3.77. The lowest BCUT2D eigenvalue weighted by Crippen LogP contribution is -2.32. The van der Waals surface area contributed by atoms with Crippen LogP contribution in [-0.2, 0) is 9.59 Å². The van der Waals surface area contributed by atoms with Crippen molar-refractivity contribution in [3.63, 3.8) is 0 Å². The maximum Gasteiger partial charge on any atom is 0.282 e. The summed E-state index contributed by atoms with van der Waals surface area (Å²) in [6.07, 6.45) is 0. The molecule has 3 aromatic rings. The summed E-state index contributed by atoms with van der Waals surface area (Å²) in [5.41, 5.74) is 0.848. The number of hydrogen-bond donors (Lipinski definition) is 1. The van der Waals surface area contributed by atoms with E-state index < -0.39 is 23.4 Å². The predicted octanol–water partition coefficient (Wildman–Crippen LogP) is 5.08. The quantitative estimate of drug-likeness (QED) is 0.604. The van der Waals surface area contributed by atoms with Gasteiger partial charge >= 0.3 is 0 Å². The summed E-state index contributed by atoms with van der Waals surface area (Å²) in [5, 5.41) is 4.50. The number of amides is 2. The molecule has 0 radical (unpaired) electrons. The number of nitrogens with one attached hydrogen (secondary N) is 1. The van der Waals surface area contributed by atoms with Gasteiger partial charge in [-0.25, -0.2) is 13.7 Å². The number of rotatable bonds is 4. The van der Waals surface area contributed by atoms with Gasteiger partial charge in [-0.2, -0.15) is 0 Å². The maximum absolute atomic E-state index is 13.5. The van der Waals surface area contributed by atoms with Crippen LogP contribution in [0.3, 0.4) is 0 Å². The Bertz CT molecular complexity index is 1110. The summed E-state index contributed by atoms with van der Waals surface area (Å²) in [7, 11) is 0. The van der Waals surface area contributed by atoms with Crippen LogP contribution < -0.4 is 10.2 Å². The first-order valence-corrected chi connectivity index (χ1v) is 9.36. The number of nitrogens with zero attached hydrogens (tertiary/aromatic N) is 1. The van der Waals surface area contributed by atoms with Crippen LogP contribution in [-0.4, -0.2) is 11.8 Å². The number of carbonyl (C=O) groups is 2. The summed E-state index contributed by atoms with van der Waals surface area (Å²) in [5.74, 6) is -2.24. The Morgan fingerprint density at radius 2 is 1.71 bits per heavy atom. The van der Waals surface area contributed by atoms with E-state index in [9.17, 15) is 18.4 Å². The lowest BCUT2D eigenvalue weighted by atomic mass is 10.2. The van der Waals surface area contributed by atoms with Gasteiger partial charge in [-0.15, -0.1) is 11.3 Å². The minimum Gasteiger partial charge on any atom is -0.350 e. The van der Waals surface area contributed by atoms with E-state index in [-0.39, 0.29) is 22.0 Å². The third-order valence-electron chi connectivity index (χ3n) is 4.13. The van der Waals surface area contributed by atoms with Crippen molar-refractivity contribution in [3.8, 4) is 0 Å². The van der Waals surface area contributed by atoms with Gasteiger partial charge in [0.1, 0.15) is 17.3 Å². The highest BCUT2D eigenvalue weighted by Gasteiger charge is 2.40. The van der Waals surface area contributed by atoms with E-state index >= 15 is 0 Å². The monoisotopic (exact) mass is 416 g/mol. The molecule has 1 N–H and O–H groups in total. The third kappa shape index (κ3) is 3.19. The first-order chi connectivity index (χ1) is 13.5. The second kappa shape index (κ2) is 7.18. The Morgan fingerprint density at radius 3 is 2.36 bits per heavy atom. The van der Waals surface area contributed by atoms with Crippen molar-refractivity contribution in [3.05, 3.63) is 87.2 Å². The number of hydrogen-bond acceptors (Lipinski definition) is 4. The molecule has 4 nitrogen and oxygen atoms in total. The van der Waals surface area contributed by atoms with Crippen LogP contribution in [0, 0.1) is 11.6 Å². The fraction of sp³-hybridized carbons (Fsp3) is 0. The molecule has 2 heterocycles. The number of halogens is 3. The summed E-state index contributed by atoms with van der Waals surface area (Å²) < 4.78 is 26.7. The number of carbonyl (C=O) groups excluding carboxylic acids is 2. The van der Waals surface area contributed by atoms with Crippen molar-refractivity contribution in [1.29, 1.82) is 0 Å². The third-order valence-corrected chi connectivity index (χ3v) is 5.30. The first kappa shape index (κ1) is 18.3. The highest BCUT2D eigenvalue weighted by Crippen LogP contribution is 2.36. The molecule has 28 heavy (non-hydrogen) atoms. The van der Waals surface area contributed by atoms with Gasteiger partial charge in [0.25, 0.3) is 11.8 Å². The SMILES string of the molecule is O=C1C(Nc2ccc(F)cc2)=C(c2cccs2)C(=O)N1c1ccc(F)c(Cl)c1. The molecule has 0 bridgehead atoms. The van der Waals surface area contributed by atoms with Crippen molar-refractivity contribution in [2.45, 2.75) is 0 Å². The van der Waals surface area contributed by atoms with E-state index in [0.29, 0.717) is 10.6 Å². The van der Waals surface area contributed by atoms with Crippen molar-refractivity contribution >= 4 is 51.7 Å². The zero-order valence-electron chi connectivity index (χ0n) is 14.1. The number of imide groups is 1. The molecule has 0 atom stereocenters. The number of anilines is 2. The van der Waals surface area contributed by atoms with E-state index in [0.717, 1.165) is 11.0 Å². The van der Waals surface area contributed by atoms with Gasteiger partial charge in [0, 0.05) is 10.6 Å². The Hall–Kier alpha value is -3.03. The molecule has 8 heteroatoms. The molecule has 1 aromatic heterocycles. The van der Waals surface area contributed by atoms with Crippen molar-refractivity contribution < 1.29 is 18.4 Å². The lowest BCUT2D eigenvalue weighted by Gasteiger charge is -2.15. The Morgan fingerprint density at radius 1 is 0.964 bits per heavy atom. The molecule has 4 rings (SSSR count). The molecule has 0 unspecified atom stereocenters.